The number of hydrogen-bond acceptors (Lipinski definition) is 6. The van der Waals surface area contributed by atoms with Crippen LogP contribution in [0.15, 0.2) is 0 Å². The largest absolute Gasteiger partial charge is 0.335 e. The highest BCUT2D eigenvalue weighted by molar-refractivity contribution is 8.00. The molecule has 26 heavy (non-hydrogen) atoms. The van der Waals surface area contributed by atoms with E-state index in [1.807, 2.05) is 0 Å². The summed E-state index contributed by atoms with van der Waals surface area (Å²) in [6.45, 7) is 2.80. The molecule has 0 aromatic heterocycles. The Hall–Kier alpha value is -1.70. The normalized spacial score (nSPS) is 18.2. The lowest BCUT2D eigenvalue weighted by Crippen LogP contribution is -2.42. The SMILES string of the molecule is CC(=O)CC(C(C)=O)N(C)C(=O)CCCCCSC1CC(=O)N(C)C1=O. The maximum Gasteiger partial charge on any atom is 0.242 e. The predicted octanol–water partition coefficient (Wildman–Crippen LogP) is 1.43. The molecule has 2 atom stereocenters. The number of ketones is 2. The lowest BCUT2D eigenvalue weighted by molar-refractivity contribution is -0.139. The zero-order valence-electron chi connectivity index (χ0n) is 15.9. The van der Waals surface area contributed by atoms with E-state index in [0.717, 1.165) is 18.6 Å². The summed E-state index contributed by atoms with van der Waals surface area (Å²) < 4.78 is 0. The molecule has 146 valence electrons. The Labute approximate surface area is 158 Å². The molecule has 0 bridgehead atoms. The molecule has 1 aliphatic heterocycles. The van der Waals surface area contributed by atoms with Crippen LogP contribution in [0.2, 0.25) is 0 Å². The van der Waals surface area contributed by atoms with E-state index in [2.05, 4.69) is 0 Å². The number of nitrogens with zero attached hydrogens (tertiary/aromatic N) is 2. The summed E-state index contributed by atoms with van der Waals surface area (Å²) in [4.78, 5) is 60.9. The molecule has 0 N–H and O–H groups in total. The first-order valence-electron chi connectivity index (χ1n) is 8.82. The summed E-state index contributed by atoms with van der Waals surface area (Å²) in [5.41, 5.74) is 0. The number of unbranched alkanes of at least 4 members (excludes halogenated alkanes) is 2. The number of carbonyl (C=O) groups excluding carboxylic acids is 5. The number of carbonyl (C=O) groups is 5. The topological polar surface area (TPSA) is 91.8 Å². The van der Waals surface area contributed by atoms with Crippen molar-refractivity contribution in [3.05, 3.63) is 0 Å². The van der Waals surface area contributed by atoms with Crippen LogP contribution in [-0.2, 0) is 24.0 Å². The van der Waals surface area contributed by atoms with Gasteiger partial charge in [0, 0.05) is 33.4 Å². The highest BCUT2D eigenvalue weighted by atomic mass is 32.2. The minimum Gasteiger partial charge on any atom is -0.335 e. The van der Waals surface area contributed by atoms with Gasteiger partial charge in [0.15, 0.2) is 5.78 Å². The molecule has 1 rings (SSSR count). The average Bonchev–Trinajstić information content (AvgIpc) is 2.81. The maximum atomic E-state index is 12.2. The van der Waals surface area contributed by atoms with Crippen molar-refractivity contribution in [3.8, 4) is 0 Å². The van der Waals surface area contributed by atoms with Gasteiger partial charge in [0.2, 0.25) is 17.7 Å². The average molecular weight is 384 g/mol. The Morgan fingerprint density at radius 3 is 2.35 bits per heavy atom. The molecule has 1 aliphatic rings. The van der Waals surface area contributed by atoms with Gasteiger partial charge in [0.1, 0.15) is 5.78 Å². The van der Waals surface area contributed by atoms with Crippen molar-refractivity contribution in [1.29, 1.82) is 0 Å². The van der Waals surface area contributed by atoms with Gasteiger partial charge >= 0.3 is 0 Å². The minimum atomic E-state index is -0.682. The second-order valence-corrected chi connectivity index (χ2v) is 8.01. The van der Waals surface area contributed by atoms with Crippen molar-refractivity contribution in [2.45, 2.75) is 63.7 Å². The lowest BCUT2D eigenvalue weighted by Gasteiger charge is -2.25. The summed E-state index contributed by atoms with van der Waals surface area (Å²) in [5, 5.41) is -0.275. The molecule has 0 saturated carbocycles. The number of likely N-dealkylation sites (tertiary alicyclic amines) is 1. The smallest absolute Gasteiger partial charge is 0.242 e. The molecule has 0 aromatic rings. The van der Waals surface area contributed by atoms with Crippen molar-refractivity contribution in [3.63, 3.8) is 0 Å². The van der Waals surface area contributed by atoms with Crippen LogP contribution >= 0.6 is 11.8 Å². The molecule has 1 saturated heterocycles. The quantitative estimate of drug-likeness (QED) is 0.395. The zero-order valence-corrected chi connectivity index (χ0v) is 16.8. The number of amides is 3. The predicted molar refractivity (Wildman–Crippen MR) is 99.6 cm³/mol. The highest BCUT2D eigenvalue weighted by Crippen LogP contribution is 2.25. The number of imide groups is 1. The zero-order chi connectivity index (χ0) is 19.9. The minimum absolute atomic E-state index is 0.0524. The Bertz CT molecular complexity index is 578. The van der Waals surface area contributed by atoms with Crippen molar-refractivity contribution >= 4 is 41.0 Å². The van der Waals surface area contributed by atoms with Crippen LogP contribution < -0.4 is 0 Å². The first-order chi connectivity index (χ1) is 12.1. The number of hydrogen-bond donors (Lipinski definition) is 0. The third-order valence-electron chi connectivity index (χ3n) is 4.51. The fourth-order valence-electron chi connectivity index (χ4n) is 2.81. The summed E-state index contributed by atoms with van der Waals surface area (Å²) in [6.07, 6.45) is 3.02. The highest BCUT2D eigenvalue weighted by Gasteiger charge is 2.35. The van der Waals surface area contributed by atoms with Gasteiger partial charge in [0.05, 0.1) is 11.3 Å². The second kappa shape index (κ2) is 10.4. The van der Waals surface area contributed by atoms with Crippen molar-refractivity contribution in [2.24, 2.45) is 0 Å². The van der Waals surface area contributed by atoms with E-state index in [1.165, 1.54) is 42.5 Å². The van der Waals surface area contributed by atoms with Crippen LogP contribution in [0, 0.1) is 0 Å². The monoisotopic (exact) mass is 384 g/mol. The molecule has 1 heterocycles. The Kier molecular flexibility index (Phi) is 8.98. The lowest BCUT2D eigenvalue weighted by atomic mass is 10.1. The first-order valence-corrected chi connectivity index (χ1v) is 9.87. The van der Waals surface area contributed by atoms with E-state index >= 15 is 0 Å². The molecular formula is C18H28N2O5S. The number of thioether (sulfide) groups is 1. The van der Waals surface area contributed by atoms with Gasteiger partial charge in [-0.25, -0.2) is 0 Å². The maximum absolute atomic E-state index is 12.2. The van der Waals surface area contributed by atoms with Crippen LogP contribution in [0.5, 0.6) is 0 Å². The Morgan fingerprint density at radius 1 is 1.19 bits per heavy atom. The molecule has 0 spiro atoms. The van der Waals surface area contributed by atoms with Gasteiger partial charge in [-0.05, 0) is 32.4 Å². The fourth-order valence-corrected chi connectivity index (χ4v) is 4.02. The number of likely N-dealkylation sites (N-methyl/N-ethyl adjacent to an activating group) is 1. The molecule has 7 nitrogen and oxygen atoms in total. The third kappa shape index (κ3) is 6.55. The fraction of sp³-hybridized carbons (Fsp3) is 0.722. The van der Waals surface area contributed by atoms with Gasteiger partial charge in [0.25, 0.3) is 0 Å². The number of rotatable bonds is 11. The third-order valence-corrected chi connectivity index (χ3v) is 5.80. The van der Waals surface area contributed by atoms with Gasteiger partial charge in [-0.3, -0.25) is 28.9 Å². The molecule has 0 aromatic carbocycles. The van der Waals surface area contributed by atoms with Crippen molar-refractivity contribution < 1.29 is 24.0 Å². The molecule has 2 unspecified atom stereocenters. The molecule has 8 heteroatoms. The van der Waals surface area contributed by atoms with E-state index in [1.54, 1.807) is 7.05 Å². The van der Waals surface area contributed by atoms with Crippen LogP contribution in [-0.4, -0.2) is 70.2 Å². The van der Waals surface area contributed by atoms with Crippen LogP contribution in [0.4, 0.5) is 0 Å². The van der Waals surface area contributed by atoms with Crippen LogP contribution in [0.1, 0.15) is 52.4 Å². The van der Waals surface area contributed by atoms with Crippen LogP contribution in [0.3, 0.4) is 0 Å². The molecular weight excluding hydrogens is 356 g/mol. The molecule has 1 fully saturated rings. The van der Waals surface area contributed by atoms with E-state index in [9.17, 15) is 24.0 Å². The Balaban J connectivity index is 2.25. The van der Waals surface area contributed by atoms with Crippen molar-refractivity contribution in [2.75, 3.05) is 19.8 Å². The summed E-state index contributed by atoms with van der Waals surface area (Å²) >= 11 is 1.49. The summed E-state index contributed by atoms with van der Waals surface area (Å²) in [7, 11) is 3.07. The van der Waals surface area contributed by atoms with Crippen molar-refractivity contribution in [1.82, 2.24) is 9.80 Å². The Morgan fingerprint density at radius 2 is 1.85 bits per heavy atom. The van der Waals surface area contributed by atoms with E-state index in [0.29, 0.717) is 12.8 Å². The molecule has 3 amide bonds. The van der Waals surface area contributed by atoms with Gasteiger partial charge in [-0.2, -0.15) is 0 Å². The standard InChI is InChI=1S/C18H28N2O5S/c1-12(21)10-14(13(2)22)19(3)16(23)8-6-5-7-9-26-15-11-17(24)20(4)18(15)25/h14-15H,5-11H2,1-4H3. The molecule has 0 aliphatic carbocycles. The van der Waals surface area contributed by atoms with Gasteiger partial charge < -0.3 is 4.90 Å². The summed E-state index contributed by atoms with van der Waals surface area (Å²) in [6, 6.07) is -0.682. The van der Waals surface area contributed by atoms with E-state index in [4.69, 9.17) is 0 Å². The van der Waals surface area contributed by atoms with E-state index < -0.39 is 6.04 Å². The van der Waals surface area contributed by atoms with Gasteiger partial charge in [-0.1, -0.05) is 6.42 Å². The molecule has 0 radical (unpaired) electrons. The van der Waals surface area contributed by atoms with Gasteiger partial charge in [-0.15, -0.1) is 11.8 Å². The number of Topliss-reactive ketones (excluding diaryl/α,β-unsaturated/α-hetero) is 2. The second-order valence-electron chi connectivity index (χ2n) is 6.70. The first kappa shape index (κ1) is 22.3. The van der Waals surface area contributed by atoms with Crippen LogP contribution in [0.25, 0.3) is 0 Å². The van der Waals surface area contributed by atoms with E-state index in [-0.39, 0.29) is 47.4 Å². The summed E-state index contributed by atoms with van der Waals surface area (Å²) in [5.74, 6) is 0.0596.